The van der Waals surface area contributed by atoms with Crippen LogP contribution >= 0.6 is 0 Å². The first-order valence-electron chi connectivity index (χ1n) is 12.9. The average Bonchev–Trinajstić information content (AvgIpc) is 3.62. The van der Waals surface area contributed by atoms with E-state index in [1.165, 1.54) is 0 Å². The van der Waals surface area contributed by atoms with Crippen molar-refractivity contribution in [2.75, 3.05) is 32.2 Å². The van der Waals surface area contributed by atoms with Crippen molar-refractivity contribution in [2.24, 2.45) is 5.92 Å². The zero-order valence-corrected chi connectivity index (χ0v) is 20.9. The first kappa shape index (κ1) is 23.6. The summed E-state index contributed by atoms with van der Waals surface area (Å²) in [4.78, 5) is 32.8. The monoisotopic (exact) mass is 502 g/mol. The van der Waals surface area contributed by atoms with Gasteiger partial charge in [-0.15, -0.1) is 10.2 Å². The van der Waals surface area contributed by atoms with E-state index in [-0.39, 0.29) is 17.7 Å². The lowest BCUT2D eigenvalue weighted by Gasteiger charge is -2.31. The first-order chi connectivity index (χ1) is 18.1. The Morgan fingerprint density at radius 2 is 2.03 bits per heavy atom. The fourth-order valence-electron chi connectivity index (χ4n) is 5.42. The average molecular weight is 503 g/mol. The number of aryl methyl sites for hydroxylation is 1. The normalized spacial score (nSPS) is 18.7. The van der Waals surface area contributed by atoms with Gasteiger partial charge in [0.15, 0.2) is 5.82 Å². The second-order valence-electron chi connectivity index (χ2n) is 9.80. The number of fused-ring (bicyclic) bond motifs is 2. The first-order valence-corrected chi connectivity index (χ1v) is 12.9. The maximum Gasteiger partial charge on any atom is 0.260 e. The number of pyridine rings is 1. The Labute approximate surface area is 215 Å². The predicted molar refractivity (Wildman–Crippen MR) is 135 cm³/mol. The Balaban J connectivity index is 1.23. The van der Waals surface area contributed by atoms with Crippen molar-refractivity contribution in [3.05, 3.63) is 52.8 Å². The highest BCUT2D eigenvalue weighted by Crippen LogP contribution is 2.30. The molecule has 3 aromatic rings. The minimum atomic E-state index is -0.319. The van der Waals surface area contributed by atoms with Gasteiger partial charge in [-0.05, 0) is 61.1 Å². The van der Waals surface area contributed by atoms with Crippen LogP contribution in [-0.4, -0.2) is 63.3 Å². The Hall–Kier alpha value is -3.79. The van der Waals surface area contributed by atoms with Gasteiger partial charge in [-0.1, -0.05) is 6.07 Å². The van der Waals surface area contributed by atoms with Crippen molar-refractivity contribution in [3.8, 4) is 17.3 Å². The van der Waals surface area contributed by atoms with Crippen molar-refractivity contribution < 1.29 is 19.1 Å². The summed E-state index contributed by atoms with van der Waals surface area (Å²) in [6, 6.07) is 9.23. The number of hydrogen-bond donors (Lipinski definition) is 1. The minimum absolute atomic E-state index is 0.0724. The summed E-state index contributed by atoms with van der Waals surface area (Å²) in [5.74, 6) is 2.36. The molecule has 10 nitrogen and oxygen atoms in total. The van der Waals surface area contributed by atoms with Crippen LogP contribution in [0.5, 0.6) is 5.75 Å². The van der Waals surface area contributed by atoms with E-state index in [0.29, 0.717) is 49.1 Å². The standard InChI is InChI=1S/C27H30N6O4/c1-36-22-14-17-8-11-32(27(35)18-9-12-37-16-18)15-19(17)13-20(22)26(34)29-23-6-4-5-21(28-23)25-31-30-24-7-2-3-10-33(24)25/h4-6,13-14,18H,2-3,7-12,15-16H2,1H3,(H,28,29,34)/t18-/m1/s1. The summed E-state index contributed by atoms with van der Waals surface area (Å²) in [7, 11) is 1.56. The smallest absolute Gasteiger partial charge is 0.260 e. The number of aromatic nitrogens is 4. The molecule has 3 aliphatic rings. The van der Waals surface area contributed by atoms with Crippen molar-refractivity contribution in [1.29, 1.82) is 0 Å². The molecule has 1 saturated heterocycles. The molecule has 5 heterocycles. The lowest BCUT2D eigenvalue weighted by molar-refractivity contribution is -0.136. The molecule has 0 bridgehead atoms. The van der Waals surface area contributed by atoms with Crippen LogP contribution in [0.2, 0.25) is 0 Å². The van der Waals surface area contributed by atoms with E-state index in [4.69, 9.17) is 9.47 Å². The zero-order chi connectivity index (χ0) is 25.4. The molecule has 0 saturated carbocycles. The maximum atomic E-state index is 13.4. The van der Waals surface area contributed by atoms with Gasteiger partial charge in [-0.25, -0.2) is 4.98 Å². The number of carbonyl (C=O) groups is 2. The number of nitrogens with one attached hydrogen (secondary N) is 1. The molecule has 0 spiro atoms. The summed E-state index contributed by atoms with van der Waals surface area (Å²) >= 11 is 0. The zero-order valence-electron chi connectivity index (χ0n) is 20.9. The number of benzene rings is 1. The molecule has 0 unspecified atom stereocenters. The van der Waals surface area contributed by atoms with Crippen LogP contribution in [-0.2, 0) is 35.5 Å². The van der Waals surface area contributed by atoms with Gasteiger partial charge in [-0.3, -0.25) is 9.59 Å². The van der Waals surface area contributed by atoms with Crippen LogP contribution in [0.1, 0.15) is 46.6 Å². The summed E-state index contributed by atoms with van der Waals surface area (Å²) in [5.41, 5.74) is 3.13. The molecule has 3 aliphatic heterocycles. The Morgan fingerprint density at radius 3 is 2.86 bits per heavy atom. The molecule has 1 fully saturated rings. The molecule has 37 heavy (non-hydrogen) atoms. The number of carbonyl (C=O) groups excluding carboxylic acids is 2. The Kier molecular flexibility index (Phi) is 6.33. The number of anilines is 1. The third kappa shape index (κ3) is 4.57. The topological polar surface area (TPSA) is 111 Å². The van der Waals surface area contributed by atoms with E-state index in [9.17, 15) is 9.59 Å². The number of methoxy groups -OCH3 is 1. The maximum absolute atomic E-state index is 13.4. The number of ether oxygens (including phenoxy) is 2. The molecule has 0 aliphatic carbocycles. The van der Waals surface area contributed by atoms with Crippen molar-refractivity contribution in [1.82, 2.24) is 24.6 Å². The molecular formula is C27H30N6O4. The highest BCUT2D eigenvalue weighted by atomic mass is 16.5. The Morgan fingerprint density at radius 1 is 1.11 bits per heavy atom. The molecule has 6 rings (SSSR count). The molecule has 10 heteroatoms. The van der Waals surface area contributed by atoms with Crippen LogP contribution < -0.4 is 10.1 Å². The highest BCUT2D eigenvalue weighted by molar-refractivity contribution is 6.06. The number of rotatable bonds is 5. The van der Waals surface area contributed by atoms with Gasteiger partial charge < -0.3 is 24.3 Å². The largest absolute Gasteiger partial charge is 0.496 e. The summed E-state index contributed by atoms with van der Waals surface area (Å²) in [6.45, 7) is 3.12. The number of nitrogens with zero attached hydrogens (tertiary/aromatic N) is 5. The van der Waals surface area contributed by atoms with E-state index >= 15 is 0 Å². The molecule has 1 N–H and O–H groups in total. The molecular weight excluding hydrogens is 472 g/mol. The van der Waals surface area contributed by atoms with Gasteiger partial charge in [0.25, 0.3) is 5.91 Å². The van der Waals surface area contributed by atoms with Crippen LogP contribution in [0.15, 0.2) is 30.3 Å². The van der Waals surface area contributed by atoms with E-state index in [2.05, 4.69) is 25.1 Å². The summed E-state index contributed by atoms with van der Waals surface area (Å²) < 4.78 is 13.1. The fraction of sp³-hybridized carbons (Fsp3) is 0.444. The van der Waals surface area contributed by atoms with Gasteiger partial charge >= 0.3 is 0 Å². The third-order valence-corrected chi connectivity index (χ3v) is 7.45. The molecule has 2 amide bonds. The lowest BCUT2D eigenvalue weighted by atomic mass is 9.95. The van der Waals surface area contributed by atoms with Gasteiger partial charge in [0, 0.05) is 32.7 Å². The summed E-state index contributed by atoms with van der Waals surface area (Å²) in [6.07, 6.45) is 4.61. The molecule has 1 aromatic carbocycles. The second kappa shape index (κ2) is 9.93. The van der Waals surface area contributed by atoms with Crippen LogP contribution in [0, 0.1) is 5.92 Å². The van der Waals surface area contributed by atoms with Crippen LogP contribution in [0.4, 0.5) is 5.82 Å². The van der Waals surface area contributed by atoms with E-state index in [1.807, 2.05) is 29.2 Å². The van der Waals surface area contributed by atoms with E-state index < -0.39 is 0 Å². The molecule has 2 aromatic heterocycles. The van der Waals surface area contributed by atoms with Gasteiger partial charge in [0.2, 0.25) is 5.91 Å². The Bertz CT molecular complexity index is 1350. The highest BCUT2D eigenvalue weighted by Gasteiger charge is 2.31. The van der Waals surface area contributed by atoms with Gasteiger partial charge in [-0.2, -0.15) is 0 Å². The quantitative estimate of drug-likeness (QED) is 0.571. The second-order valence-corrected chi connectivity index (χ2v) is 9.80. The number of amides is 2. The molecule has 0 radical (unpaired) electrons. The SMILES string of the molecule is COc1cc2c(cc1C(=O)Nc1cccc(-c3nnc4n3CCCC4)n1)CN(C(=O)[C@@H]1CCOC1)CC2. The van der Waals surface area contributed by atoms with E-state index in [1.54, 1.807) is 13.2 Å². The fourth-order valence-corrected chi connectivity index (χ4v) is 5.42. The summed E-state index contributed by atoms with van der Waals surface area (Å²) in [5, 5.41) is 11.6. The lowest BCUT2D eigenvalue weighted by Crippen LogP contribution is -2.40. The minimum Gasteiger partial charge on any atom is -0.496 e. The number of hydrogen-bond acceptors (Lipinski definition) is 7. The van der Waals surface area contributed by atoms with Gasteiger partial charge in [0.1, 0.15) is 23.1 Å². The molecule has 192 valence electrons. The van der Waals surface area contributed by atoms with Crippen LogP contribution in [0.25, 0.3) is 11.5 Å². The predicted octanol–water partition coefficient (Wildman–Crippen LogP) is 2.86. The third-order valence-electron chi connectivity index (χ3n) is 7.45. The van der Waals surface area contributed by atoms with Crippen molar-refractivity contribution >= 4 is 17.6 Å². The van der Waals surface area contributed by atoms with Crippen molar-refractivity contribution in [2.45, 2.75) is 45.2 Å². The van der Waals surface area contributed by atoms with Crippen molar-refractivity contribution in [3.63, 3.8) is 0 Å². The molecule has 1 atom stereocenters. The van der Waals surface area contributed by atoms with Gasteiger partial charge in [0.05, 0.1) is 25.2 Å². The van der Waals surface area contributed by atoms with Crippen LogP contribution in [0.3, 0.4) is 0 Å². The van der Waals surface area contributed by atoms with E-state index in [0.717, 1.165) is 61.4 Å².